The monoisotopic (exact) mass is 368 g/mol. The molecule has 98 valence electrons. The van der Waals surface area contributed by atoms with Gasteiger partial charge in [0.25, 0.3) is 0 Å². The Balaban J connectivity index is 1.88. The van der Waals surface area contributed by atoms with Gasteiger partial charge in [-0.3, -0.25) is 4.98 Å². The summed E-state index contributed by atoms with van der Waals surface area (Å²) < 4.78 is 14.0. The molecule has 1 aliphatic carbocycles. The lowest BCUT2D eigenvalue weighted by atomic mass is 9.92. The molecule has 2 nitrogen and oxygen atoms in total. The van der Waals surface area contributed by atoms with E-state index in [0.717, 1.165) is 34.2 Å². The second-order valence-electron chi connectivity index (χ2n) is 4.76. The third-order valence-corrected chi connectivity index (χ3v) is 4.35. The first kappa shape index (κ1) is 12.8. The first-order chi connectivity index (χ1) is 9.24. The molecule has 1 atom stereocenters. The number of pyridine rings is 1. The normalized spacial score (nSPS) is 17.9. The number of hydrogen-bond donors (Lipinski definition) is 1. The van der Waals surface area contributed by atoms with Crippen molar-refractivity contribution in [1.29, 1.82) is 0 Å². The molecule has 0 aliphatic heterocycles. The maximum Gasteiger partial charge on any atom is 0.124 e. The van der Waals surface area contributed by atoms with E-state index in [-0.39, 0.29) is 11.9 Å². The number of anilines is 1. The number of benzene rings is 1. The lowest BCUT2D eigenvalue weighted by Gasteiger charge is -2.26. The van der Waals surface area contributed by atoms with E-state index >= 15 is 0 Å². The Morgan fingerprint density at radius 1 is 1.32 bits per heavy atom. The number of nitrogens with zero attached hydrogens (tertiary/aromatic N) is 1. The van der Waals surface area contributed by atoms with Crippen molar-refractivity contribution in [3.63, 3.8) is 0 Å². The first-order valence-corrected chi connectivity index (χ1v) is 7.47. The second-order valence-corrected chi connectivity index (χ2v) is 5.92. The zero-order valence-electron chi connectivity index (χ0n) is 10.4. The van der Waals surface area contributed by atoms with Crippen LogP contribution < -0.4 is 5.32 Å². The zero-order chi connectivity index (χ0) is 13.2. The highest BCUT2D eigenvalue weighted by atomic mass is 127. The molecule has 1 aromatic heterocycles. The number of nitrogens with one attached hydrogen (secondary N) is 1. The van der Waals surface area contributed by atoms with Crippen molar-refractivity contribution in [3.05, 3.63) is 57.2 Å². The van der Waals surface area contributed by atoms with Crippen LogP contribution in [0, 0.1) is 9.39 Å². The Bertz CT molecular complexity index is 600. The lowest BCUT2D eigenvalue weighted by Crippen LogP contribution is -2.19. The summed E-state index contributed by atoms with van der Waals surface area (Å²) in [7, 11) is 0. The minimum Gasteiger partial charge on any atom is -0.376 e. The molecule has 0 amide bonds. The molecule has 1 aromatic carbocycles. The summed E-state index contributed by atoms with van der Waals surface area (Å²) in [6.07, 6.45) is 5.17. The van der Waals surface area contributed by atoms with Crippen LogP contribution in [0.25, 0.3) is 0 Å². The van der Waals surface area contributed by atoms with Gasteiger partial charge in [0.05, 0.1) is 11.7 Å². The van der Waals surface area contributed by atoms with Gasteiger partial charge in [-0.1, -0.05) is 6.07 Å². The van der Waals surface area contributed by atoms with Crippen LogP contribution in [0.15, 0.2) is 36.5 Å². The molecule has 0 saturated carbocycles. The predicted octanol–water partition coefficient (Wildman–Crippen LogP) is 4.31. The van der Waals surface area contributed by atoms with Crippen LogP contribution in [-0.4, -0.2) is 4.98 Å². The van der Waals surface area contributed by atoms with E-state index in [0.29, 0.717) is 0 Å². The maximum atomic E-state index is 13.1. The molecule has 0 radical (unpaired) electrons. The van der Waals surface area contributed by atoms with Gasteiger partial charge in [-0.15, -0.1) is 0 Å². The van der Waals surface area contributed by atoms with E-state index in [4.69, 9.17) is 0 Å². The van der Waals surface area contributed by atoms with Crippen LogP contribution in [0.1, 0.15) is 30.1 Å². The molecule has 19 heavy (non-hydrogen) atoms. The summed E-state index contributed by atoms with van der Waals surface area (Å²) in [6.45, 7) is 0. The minimum atomic E-state index is -0.197. The largest absolute Gasteiger partial charge is 0.376 e. The van der Waals surface area contributed by atoms with Crippen LogP contribution in [0.3, 0.4) is 0 Å². The Morgan fingerprint density at radius 3 is 3.05 bits per heavy atom. The van der Waals surface area contributed by atoms with Crippen molar-refractivity contribution in [2.75, 3.05) is 5.32 Å². The summed E-state index contributed by atoms with van der Waals surface area (Å²) in [6, 6.07) is 9.20. The van der Waals surface area contributed by atoms with E-state index in [1.807, 2.05) is 12.3 Å². The number of halogens is 2. The van der Waals surface area contributed by atoms with Crippen molar-refractivity contribution in [2.24, 2.45) is 0 Å². The van der Waals surface area contributed by atoms with Gasteiger partial charge >= 0.3 is 0 Å². The standard InChI is InChI=1S/C15H14FIN2/c16-11-6-7-13(12(17)9-11)19-14-5-1-3-10-4-2-8-18-15(10)14/h2,4,6-9,14,19H,1,3,5H2. The predicted molar refractivity (Wildman–Crippen MR) is 82.7 cm³/mol. The number of rotatable bonds is 2. The fourth-order valence-electron chi connectivity index (χ4n) is 2.54. The van der Waals surface area contributed by atoms with E-state index in [1.54, 1.807) is 12.1 Å². The maximum absolute atomic E-state index is 13.1. The summed E-state index contributed by atoms with van der Waals surface area (Å²) in [5, 5.41) is 3.50. The van der Waals surface area contributed by atoms with E-state index in [2.05, 4.69) is 39.0 Å². The number of aromatic nitrogens is 1. The third kappa shape index (κ3) is 2.73. The molecule has 1 heterocycles. The van der Waals surface area contributed by atoms with Crippen LogP contribution in [-0.2, 0) is 6.42 Å². The molecule has 0 saturated heterocycles. The zero-order valence-corrected chi connectivity index (χ0v) is 12.5. The van der Waals surface area contributed by atoms with Crippen molar-refractivity contribution in [2.45, 2.75) is 25.3 Å². The molecule has 0 bridgehead atoms. The number of hydrogen-bond acceptors (Lipinski definition) is 2. The van der Waals surface area contributed by atoms with Gasteiger partial charge in [0, 0.05) is 15.5 Å². The van der Waals surface area contributed by atoms with E-state index < -0.39 is 0 Å². The fraction of sp³-hybridized carbons (Fsp3) is 0.267. The third-order valence-electron chi connectivity index (χ3n) is 3.46. The summed E-state index contributed by atoms with van der Waals surface area (Å²) in [5.41, 5.74) is 3.43. The molecular formula is C15H14FIN2. The Morgan fingerprint density at radius 2 is 2.21 bits per heavy atom. The average molecular weight is 368 g/mol. The van der Waals surface area contributed by atoms with Crippen molar-refractivity contribution < 1.29 is 4.39 Å². The number of aryl methyl sites for hydroxylation is 1. The Kier molecular flexibility index (Phi) is 3.68. The molecule has 3 rings (SSSR count). The molecule has 2 aromatic rings. The van der Waals surface area contributed by atoms with Crippen LogP contribution in [0.2, 0.25) is 0 Å². The fourth-order valence-corrected chi connectivity index (χ4v) is 3.18. The van der Waals surface area contributed by atoms with Gasteiger partial charge in [0.2, 0.25) is 0 Å². The molecule has 1 N–H and O–H groups in total. The van der Waals surface area contributed by atoms with Gasteiger partial charge in [-0.05, 0) is 71.7 Å². The summed E-state index contributed by atoms with van der Waals surface area (Å²) in [4.78, 5) is 4.51. The molecule has 1 aliphatic rings. The van der Waals surface area contributed by atoms with Crippen LogP contribution >= 0.6 is 22.6 Å². The minimum absolute atomic E-state index is 0.197. The average Bonchev–Trinajstić information content (AvgIpc) is 2.42. The van der Waals surface area contributed by atoms with Crippen molar-refractivity contribution in [1.82, 2.24) is 4.98 Å². The highest BCUT2D eigenvalue weighted by Gasteiger charge is 2.21. The highest BCUT2D eigenvalue weighted by Crippen LogP contribution is 2.32. The van der Waals surface area contributed by atoms with Crippen LogP contribution in [0.5, 0.6) is 0 Å². The van der Waals surface area contributed by atoms with Gasteiger partial charge in [0.1, 0.15) is 5.82 Å². The molecule has 1 unspecified atom stereocenters. The Hall–Kier alpha value is -1.17. The molecular weight excluding hydrogens is 354 g/mol. The Labute approximate surface area is 125 Å². The van der Waals surface area contributed by atoms with Gasteiger partial charge in [0.15, 0.2) is 0 Å². The summed E-state index contributed by atoms with van der Waals surface area (Å²) >= 11 is 2.16. The smallest absolute Gasteiger partial charge is 0.124 e. The van der Waals surface area contributed by atoms with Crippen molar-refractivity contribution >= 4 is 28.3 Å². The van der Waals surface area contributed by atoms with Gasteiger partial charge in [-0.2, -0.15) is 0 Å². The van der Waals surface area contributed by atoms with Crippen molar-refractivity contribution in [3.8, 4) is 0 Å². The first-order valence-electron chi connectivity index (χ1n) is 6.39. The van der Waals surface area contributed by atoms with Gasteiger partial charge in [-0.25, -0.2) is 4.39 Å². The topological polar surface area (TPSA) is 24.9 Å². The van der Waals surface area contributed by atoms with Crippen LogP contribution in [0.4, 0.5) is 10.1 Å². The highest BCUT2D eigenvalue weighted by molar-refractivity contribution is 14.1. The van der Waals surface area contributed by atoms with E-state index in [9.17, 15) is 4.39 Å². The quantitative estimate of drug-likeness (QED) is 0.799. The summed E-state index contributed by atoms with van der Waals surface area (Å²) in [5.74, 6) is -0.197. The number of fused-ring (bicyclic) bond motifs is 1. The van der Waals surface area contributed by atoms with E-state index in [1.165, 1.54) is 11.6 Å². The second kappa shape index (κ2) is 5.45. The lowest BCUT2D eigenvalue weighted by molar-refractivity contribution is 0.582. The molecule has 0 spiro atoms. The molecule has 4 heteroatoms. The molecule has 0 fully saturated rings. The van der Waals surface area contributed by atoms with Gasteiger partial charge < -0.3 is 5.32 Å². The SMILES string of the molecule is Fc1ccc(NC2CCCc3cccnc32)c(I)c1.